The zero-order valence-corrected chi connectivity index (χ0v) is 12.2. The lowest BCUT2D eigenvalue weighted by Crippen LogP contribution is -2.33. The van der Waals surface area contributed by atoms with E-state index in [2.05, 4.69) is 35.9 Å². The molecule has 2 aromatic rings. The Bertz CT molecular complexity index is 558. The van der Waals surface area contributed by atoms with E-state index in [0.717, 1.165) is 18.7 Å². The van der Waals surface area contributed by atoms with Crippen molar-refractivity contribution in [3.05, 3.63) is 30.0 Å². The van der Waals surface area contributed by atoms with Gasteiger partial charge in [0.15, 0.2) is 0 Å². The van der Waals surface area contributed by atoms with Crippen molar-refractivity contribution in [2.75, 3.05) is 5.75 Å². The number of hydrogen-bond donors (Lipinski definition) is 1. The highest BCUT2D eigenvalue weighted by molar-refractivity contribution is 8.00. The molecule has 2 unspecified atom stereocenters. The zero-order valence-electron chi connectivity index (χ0n) is 11.4. The highest BCUT2D eigenvalue weighted by Crippen LogP contribution is 2.30. The molecule has 4 heteroatoms. The van der Waals surface area contributed by atoms with Crippen LogP contribution in [0.4, 0.5) is 0 Å². The highest BCUT2D eigenvalue weighted by atomic mass is 32.2. The molecular weight excluding hydrogens is 254 g/mol. The van der Waals surface area contributed by atoms with Gasteiger partial charge in [-0.2, -0.15) is 16.9 Å². The Morgan fingerprint density at radius 1 is 1.47 bits per heavy atom. The summed E-state index contributed by atoms with van der Waals surface area (Å²) in [6.07, 6.45) is 3.47. The van der Waals surface area contributed by atoms with Gasteiger partial charge >= 0.3 is 0 Å². The lowest BCUT2D eigenvalue weighted by Gasteiger charge is -2.16. The number of para-hydroxylation sites is 1. The molecule has 2 N–H and O–H groups in total. The summed E-state index contributed by atoms with van der Waals surface area (Å²) >= 11 is 2.03. The van der Waals surface area contributed by atoms with Gasteiger partial charge in [-0.3, -0.25) is 4.68 Å². The van der Waals surface area contributed by atoms with E-state index in [0.29, 0.717) is 5.25 Å². The van der Waals surface area contributed by atoms with Crippen LogP contribution in [0.1, 0.15) is 25.5 Å². The van der Waals surface area contributed by atoms with Gasteiger partial charge in [0, 0.05) is 29.6 Å². The van der Waals surface area contributed by atoms with E-state index in [9.17, 15) is 0 Å². The topological polar surface area (TPSA) is 43.8 Å². The Labute approximate surface area is 118 Å². The van der Waals surface area contributed by atoms with E-state index in [1.54, 1.807) is 0 Å². The third-order valence-electron chi connectivity index (χ3n) is 3.91. The summed E-state index contributed by atoms with van der Waals surface area (Å²) in [4.78, 5) is 0. The van der Waals surface area contributed by atoms with E-state index < -0.39 is 0 Å². The molecule has 1 aliphatic rings. The van der Waals surface area contributed by atoms with Crippen molar-refractivity contribution in [3.63, 3.8) is 0 Å². The Morgan fingerprint density at radius 2 is 2.32 bits per heavy atom. The van der Waals surface area contributed by atoms with Crippen LogP contribution in [0.25, 0.3) is 10.9 Å². The van der Waals surface area contributed by atoms with Gasteiger partial charge in [-0.25, -0.2) is 0 Å². The average molecular weight is 275 g/mol. The minimum Gasteiger partial charge on any atom is -0.326 e. The van der Waals surface area contributed by atoms with Gasteiger partial charge in [0.1, 0.15) is 0 Å². The number of hydrogen-bond acceptors (Lipinski definition) is 3. The molecule has 0 radical (unpaired) electrons. The third kappa shape index (κ3) is 2.51. The van der Waals surface area contributed by atoms with Crippen molar-refractivity contribution in [1.82, 2.24) is 9.78 Å². The van der Waals surface area contributed by atoms with Crippen molar-refractivity contribution in [2.24, 2.45) is 5.73 Å². The molecule has 3 nitrogen and oxygen atoms in total. The smallest absolute Gasteiger partial charge is 0.0719 e. The van der Waals surface area contributed by atoms with E-state index in [4.69, 9.17) is 10.8 Å². The monoisotopic (exact) mass is 275 g/mol. The van der Waals surface area contributed by atoms with Crippen molar-refractivity contribution >= 4 is 22.7 Å². The Balaban J connectivity index is 1.87. The first-order valence-electron chi connectivity index (χ1n) is 7.11. The molecule has 19 heavy (non-hydrogen) atoms. The predicted octanol–water partition coefficient (Wildman–Crippen LogP) is 2.82. The lowest BCUT2D eigenvalue weighted by atomic mass is 10.0. The van der Waals surface area contributed by atoms with Crippen LogP contribution in [0.5, 0.6) is 0 Å². The molecule has 1 aromatic carbocycles. The van der Waals surface area contributed by atoms with Crippen molar-refractivity contribution < 1.29 is 0 Å². The molecule has 2 heterocycles. The van der Waals surface area contributed by atoms with Crippen molar-refractivity contribution in [3.8, 4) is 0 Å². The lowest BCUT2D eigenvalue weighted by molar-refractivity contribution is 0.589. The third-order valence-corrected chi connectivity index (χ3v) is 5.44. The molecule has 0 saturated carbocycles. The Hall–Kier alpha value is -1.00. The van der Waals surface area contributed by atoms with E-state index in [1.165, 1.54) is 29.5 Å². The molecule has 0 amide bonds. The van der Waals surface area contributed by atoms with Crippen molar-refractivity contribution in [2.45, 2.75) is 44.0 Å². The van der Waals surface area contributed by atoms with Gasteiger partial charge < -0.3 is 5.73 Å². The molecule has 0 spiro atoms. The summed E-state index contributed by atoms with van der Waals surface area (Å²) < 4.78 is 2.08. The van der Waals surface area contributed by atoms with Crippen LogP contribution in [-0.4, -0.2) is 26.8 Å². The molecule has 0 bridgehead atoms. The summed E-state index contributed by atoms with van der Waals surface area (Å²) in [6.45, 7) is 3.05. The van der Waals surface area contributed by atoms with Gasteiger partial charge in [-0.15, -0.1) is 0 Å². The molecule has 1 saturated heterocycles. The molecule has 2 atom stereocenters. The number of nitrogens with two attached hydrogens (primary N) is 1. The van der Waals surface area contributed by atoms with Crippen LogP contribution in [0, 0.1) is 0 Å². The maximum absolute atomic E-state index is 6.38. The number of aromatic nitrogens is 2. The largest absolute Gasteiger partial charge is 0.326 e. The maximum Gasteiger partial charge on any atom is 0.0719 e. The molecule has 0 aliphatic carbocycles. The molecule has 1 aromatic heterocycles. The first-order chi connectivity index (χ1) is 9.29. The minimum atomic E-state index is 0.233. The maximum atomic E-state index is 6.38. The summed E-state index contributed by atoms with van der Waals surface area (Å²) in [5.74, 6) is 1.27. The van der Waals surface area contributed by atoms with Gasteiger partial charge in [0.25, 0.3) is 0 Å². The first kappa shape index (κ1) is 13.0. The second-order valence-corrected chi connectivity index (χ2v) is 6.55. The fourth-order valence-corrected chi connectivity index (χ4v) is 4.20. The van der Waals surface area contributed by atoms with Gasteiger partial charge in [-0.1, -0.05) is 18.2 Å². The number of nitrogens with zero attached hydrogens (tertiary/aromatic N) is 2. The number of benzene rings is 1. The fourth-order valence-electron chi connectivity index (χ4n) is 2.88. The quantitative estimate of drug-likeness (QED) is 0.933. The number of aryl methyl sites for hydroxylation is 1. The average Bonchev–Trinajstić information content (AvgIpc) is 3.07. The second-order valence-electron chi connectivity index (χ2n) is 5.20. The van der Waals surface area contributed by atoms with Crippen LogP contribution in [0.3, 0.4) is 0 Å². The Morgan fingerprint density at radius 3 is 3.05 bits per heavy atom. The SMILES string of the molecule is CCn1nc(CC(N)C2CCCS2)c2ccccc21. The van der Waals surface area contributed by atoms with Crippen LogP contribution in [0.15, 0.2) is 24.3 Å². The van der Waals surface area contributed by atoms with Crippen LogP contribution in [-0.2, 0) is 13.0 Å². The number of rotatable bonds is 4. The standard InChI is InChI=1S/C15H21N3S/c1-2-18-14-7-4-3-6-11(14)13(17-18)10-12(16)15-8-5-9-19-15/h3-4,6-7,12,15H,2,5,8-10,16H2,1H3. The molecule has 1 aliphatic heterocycles. The highest BCUT2D eigenvalue weighted by Gasteiger charge is 2.24. The minimum absolute atomic E-state index is 0.233. The molecule has 102 valence electrons. The van der Waals surface area contributed by atoms with E-state index >= 15 is 0 Å². The molecular formula is C15H21N3S. The summed E-state index contributed by atoms with van der Waals surface area (Å²) in [5.41, 5.74) is 8.77. The van der Waals surface area contributed by atoms with Crippen molar-refractivity contribution in [1.29, 1.82) is 0 Å². The number of thioether (sulfide) groups is 1. The zero-order chi connectivity index (χ0) is 13.2. The predicted molar refractivity (Wildman–Crippen MR) is 82.6 cm³/mol. The van der Waals surface area contributed by atoms with Gasteiger partial charge in [-0.05, 0) is 31.6 Å². The molecule has 1 fully saturated rings. The van der Waals surface area contributed by atoms with E-state index in [-0.39, 0.29) is 6.04 Å². The molecule has 3 rings (SSSR count). The first-order valence-corrected chi connectivity index (χ1v) is 8.16. The van der Waals surface area contributed by atoms with Gasteiger partial charge in [0.2, 0.25) is 0 Å². The normalized spacial score (nSPS) is 21.1. The van der Waals surface area contributed by atoms with Gasteiger partial charge in [0.05, 0.1) is 11.2 Å². The van der Waals surface area contributed by atoms with E-state index in [1.807, 2.05) is 11.8 Å². The number of fused-ring (bicyclic) bond motifs is 1. The second kappa shape index (κ2) is 5.55. The fraction of sp³-hybridized carbons (Fsp3) is 0.533. The summed E-state index contributed by atoms with van der Waals surface area (Å²) in [6, 6.07) is 8.70. The Kier molecular flexibility index (Phi) is 3.80. The van der Waals surface area contributed by atoms with Crippen LogP contribution >= 0.6 is 11.8 Å². The van der Waals surface area contributed by atoms with Crippen LogP contribution < -0.4 is 5.73 Å². The summed E-state index contributed by atoms with van der Waals surface area (Å²) in [7, 11) is 0. The summed E-state index contributed by atoms with van der Waals surface area (Å²) in [5, 5.41) is 6.63. The van der Waals surface area contributed by atoms with Crippen LogP contribution in [0.2, 0.25) is 0 Å².